The Balaban J connectivity index is 1.67. The number of hydrogen-bond donors (Lipinski definition) is 1. The molecule has 2 aromatic rings. The third-order valence-electron chi connectivity index (χ3n) is 2.45. The van der Waals surface area contributed by atoms with Crippen molar-refractivity contribution in [3.63, 3.8) is 0 Å². The van der Waals surface area contributed by atoms with Gasteiger partial charge in [0.25, 0.3) is 0 Å². The first kappa shape index (κ1) is 15.6. The van der Waals surface area contributed by atoms with Crippen LogP contribution in [-0.2, 0) is 11.3 Å². The van der Waals surface area contributed by atoms with Crippen molar-refractivity contribution in [2.24, 2.45) is 10.9 Å². The van der Waals surface area contributed by atoms with E-state index in [1.165, 1.54) is 0 Å². The molecule has 0 radical (unpaired) electrons. The first-order valence-corrected chi connectivity index (χ1v) is 7.63. The summed E-state index contributed by atoms with van der Waals surface area (Å²) in [5.41, 5.74) is 6.66. The summed E-state index contributed by atoms with van der Waals surface area (Å²) in [4.78, 5) is 9.41. The number of amidine groups is 1. The minimum Gasteiger partial charge on any atom is -0.490 e. The van der Waals surface area contributed by atoms with Gasteiger partial charge in [-0.1, -0.05) is 22.8 Å². The Kier molecular flexibility index (Phi) is 5.83. The molecule has 0 fully saturated rings. The number of aromatic nitrogens is 1. The van der Waals surface area contributed by atoms with Gasteiger partial charge in [0.1, 0.15) is 18.2 Å². The zero-order valence-corrected chi connectivity index (χ0v) is 13.2. The van der Waals surface area contributed by atoms with E-state index in [4.69, 9.17) is 26.9 Å². The molecule has 0 spiro atoms. The van der Waals surface area contributed by atoms with Crippen molar-refractivity contribution >= 4 is 28.8 Å². The van der Waals surface area contributed by atoms with Gasteiger partial charge < -0.3 is 15.3 Å². The van der Waals surface area contributed by atoms with Crippen molar-refractivity contribution in [1.29, 1.82) is 0 Å². The van der Waals surface area contributed by atoms with E-state index in [1.54, 1.807) is 23.5 Å². The number of oxime groups is 1. The van der Waals surface area contributed by atoms with Gasteiger partial charge in [-0.2, -0.15) is 0 Å². The molecular formula is C14H16ClN3O2S. The van der Waals surface area contributed by atoms with Crippen molar-refractivity contribution in [3.05, 3.63) is 45.4 Å². The molecule has 2 N–H and O–H groups in total. The summed E-state index contributed by atoms with van der Waals surface area (Å²) in [6, 6.07) is 7.18. The lowest BCUT2D eigenvalue weighted by molar-refractivity contribution is 0.106. The molecule has 21 heavy (non-hydrogen) atoms. The zero-order valence-electron chi connectivity index (χ0n) is 11.6. The van der Waals surface area contributed by atoms with Gasteiger partial charge in [0.15, 0.2) is 6.61 Å². The third-order valence-corrected chi connectivity index (χ3v) is 3.51. The molecule has 1 heterocycles. The SMILES string of the molecule is Cc1nc(CC(N)=NOCCOc2cccc(Cl)c2)cs1. The minimum absolute atomic E-state index is 0.309. The topological polar surface area (TPSA) is 69.7 Å². The van der Waals surface area contributed by atoms with E-state index in [2.05, 4.69) is 10.1 Å². The van der Waals surface area contributed by atoms with Crippen LogP contribution in [0.2, 0.25) is 5.02 Å². The van der Waals surface area contributed by atoms with Crippen LogP contribution in [0, 0.1) is 6.92 Å². The Hall–Kier alpha value is -1.79. The highest BCUT2D eigenvalue weighted by Gasteiger charge is 2.01. The maximum absolute atomic E-state index is 5.85. The molecule has 2 rings (SSSR count). The van der Waals surface area contributed by atoms with Gasteiger partial charge in [-0.25, -0.2) is 4.98 Å². The molecule has 7 heteroatoms. The summed E-state index contributed by atoms with van der Waals surface area (Å²) in [5.74, 6) is 1.09. The quantitative estimate of drug-likeness (QED) is 0.368. The second kappa shape index (κ2) is 7.85. The second-order valence-electron chi connectivity index (χ2n) is 4.26. The molecule has 0 atom stereocenters. The van der Waals surface area contributed by atoms with E-state index in [0.717, 1.165) is 10.7 Å². The fourth-order valence-electron chi connectivity index (χ4n) is 1.59. The lowest BCUT2D eigenvalue weighted by Gasteiger charge is -2.05. The third kappa shape index (κ3) is 5.61. The Labute approximate surface area is 132 Å². The number of halogens is 1. The van der Waals surface area contributed by atoms with Gasteiger partial charge in [-0.05, 0) is 25.1 Å². The van der Waals surface area contributed by atoms with Crippen molar-refractivity contribution in [2.45, 2.75) is 13.3 Å². The maximum Gasteiger partial charge on any atom is 0.151 e. The van der Waals surface area contributed by atoms with Crippen LogP contribution >= 0.6 is 22.9 Å². The van der Waals surface area contributed by atoms with Gasteiger partial charge in [0.2, 0.25) is 0 Å². The molecule has 0 saturated heterocycles. The largest absolute Gasteiger partial charge is 0.490 e. The van der Waals surface area contributed by atoms with E-state index in [9.17, 15) is 0 Å². The van der Waals surface area contributed by atoms with Gasteiger partial charge >= 0.3 is 0 Å². The van der Waals surface area contributed by atoms with E-state index in [0.29, 0.717) is 36.2 Å². The summed E-state index contributed by atoms with van der Waals surface area (Å²) in [6.45, 7) is 2.63. The molecule has 0 unspecified atom stereocenters. The fraction of sp³-hybridized carbons (Fsp3) is 0.286. The Bertz CT molecular complexity index is 616. The Morgan fingerprint density at radius 3 is 3.00 bits per heavy atom. The molecule has 0 bridgehead atoms. The van der Waals surface area contributed by atoms with Crippen LogP contribution in [0.3, 0.4) is 0 Å². The van der Waals surface area contributed by atoms with E-state index < -0.39 is 0 Å². The highest BCUT2D eigenvalue weighted by Crippen LogP contribution is 2.16. The fourth-order valence-corrected chi connectivity index (χ4v) is 2.38. The standard InChI is InChI=1S/C14H16ClN3O2S/c1-10-17-12(9-21-10)8-14(16)18-20-6-5-19-13-4-2-3-11(15)7-13/h2-4,7,9H,5-6,8H2,1H3,(H2,16,18). The normalized spacial score (nSPS) is 11.4. The van der Waals surface area contributed by atoms with Crippen LogP contribution < -0.4 is 10.5 Å². The molecule has 0 aliphatic heterocycles. The molecular weight excluding hydrogens is 310 g/mol. The average molecular weight is 326 g/mol. The number of aryl methyl sites for hydroxylation is 1. The molecule has 1 aromatic heterocycles. The summed E-state index contributed by atoms with van der Waals surface area (Å²) in [7, 11) is 0. The maximum atomic E-state index is 5.85. The molecule has 0 aliphatic carbocycles. The average Bonchev–Trinajstić information content (AvgIpc) is 2.84. The van der Waals surface area contributed by atoms with Crippen LogP contribution in [0.15, 0.2) is 34.8 Å². The minimum atomic E-state index is 0.309. The van der Waals surface area contributed by atoms with E-state index >= 15 is 0 Å². The molecule has 5 nitrogen and oxygen atoms in total. The molecule has 112 valence electrons. The van der Waals surface area contributed by atoms with E-state index in [-0.39, 0.29) is 0 Å². The lowest BCUT2D eigenvalue weighted by Crippen LogP contribution is -2.16. The predicted octanol–water partition coefficient (Wildman–Crippen LogP) is 3.02. The van der Waals surface area contributed by atoms with Crippen molar-refractivity contribution in [1.82, 2.24) is 4.98 Å². The van der Waals surface area contributed by atoms with Crippen LogP contribution in [0.5, 0.6) is 5.75 Å². The Morgan fingerprint density at radius 1 is 1.43 bits per heavy atom. The van der Waals surface area contributed by atoms with Crippen LogP contribution in [-0.4, -0.2) is 24.0 Å². The smallest absolute Gasteiger partial charge is 0.151 e. The molecule has 1 aromatic carbocycles. The summed E-state index contributed by atoms with van der Waals surface area (Å²) < 4.78 is 5.46. The number of nitrogens with two attached hydrogens (primary N) is 1. The first-order chi connectivity index (χ1) is 10.1. The summed E-state index contributed by atoms with van der Waals surface area (Å²) in [6.07, 6.45) is 0.486. The van der Waals surface area contributed by atoms with Crippen molar-refractivity contribution in [3.8, 4) is 5.75 Å². The highest BCUT2D eigenvalue weighted by atomic mass is 35.5. The second-order valence-corrected chi connectivity index (χ2v) is 5.75. The van der Waals surface area contributed by atoms with Gasteiger partial charge in [-0.15, -0.1) is 11.3 Å². The number of benzene rings is 1. The monoisotopic (exact) mass is 325 g/mol. The first-order valence-electron chi connectivity index (χ1n) is 6.37. The molecule has 0 amide bonds. The summed E-state index contributed by atoms with van der Waals surface area (Å²) in [5, 5.41) is 7.43. The van der Waals surface area contributed by atoms with Crippen LogP contribution in [0.1, 0.15) is 10.7 Å². The number of rotatable bonds is 7. The lowest BCUT2D eigenvalue weighted by atomic mass is 10.3. The zero-order chi connectivity index (χ0) is 15.1. The van der Waals surface area contributed by atoms with Crippen molar-refractivity contribution < 1.29 is 9.57 Å². The van der Waals surface area contributed by atoms with Crippen LogP contribution in [0.4, 0.5) is 0 Å². The number of nitrogens with zero attached hydrogens (tertiary/aromatic N) is 2. The molecule has 0 saturated carbocycles. The number of thiazole rings is 1. The highest BCUT2D eigenvalue weighted by molar-refractivity contribution is 7.09. The van der Waals surface area contributed by atoms with Gasteiger partial charge in [-0.3, -0.25) is 0 Å². The molecule has 0 aliphatic rings. The van der Waals surface area contributed by atoms with Crippen LogP contribution in [0.25, 0.3) is 0 Å². The number of ether oxygens (including phenoxy) is 1. The predicted molar refractivity (Wildman–Crippen MR) is 85.1 cm³/mol. The van der Waals surface area contributed by atoms with Gasteiger partial charge in [0.05, 0.1) is 17.1 Å². The Morgan fingerprint density at radius 2 is 2.29 bits per heavy atom. The number of hydrogen-bond acceptors (Lipinski definition) is 5. The van der Waals surface area contributed by atoms with E-state index in [1.807, 2.05) is 24.4 Å². The summed E-state index contributed by atoms with van der Waals surface area (Å²) >= 11 is 7.43. The van der Waals surface area contributed by atoms with Crippen molar-refractivity contribution in [2.75, 3.05) is 13.2 Å². The van der Waals surface area contributed by atoms with Gasteiger partial charge in [0, 0.05) is 10.4 Å².